The van der Waals surface area contributed by atoms with Crippen LogP contribution in [0.4, 0.5) is 11.4 Å². The summed E-state index contributed by atoms with van der Waals surface area (Å²) in [5.41, 5.74) is 11.8. The van der Waals surface area contributed by atoms with Crippen molar-refractivity contribution in [3.05, 3.63) is 18.2 Å². The maximum absolute atomic E-state index is 9.37. The number of para-hydroxylation sites is 1. The number of anilines is 2. The van der Waals surface area contributed by atoms with Gasteiger partial charge < -0.3 is 16.0 Å². The minimum atomic E-state index is -2.59. The maximum atomic E-state index is 9.37. The van der Waals surface area contributed by atoms with Crippen LogP contribution in [0.3, 0.4) is 0 Å². The number of nitrogens with two attached hydrogens (primary N) is 2. The molecule has 0 saturated carbocycles. The molecule has 0 spiro atoms. The number of rotatable bonds is 1. The van der Waals surface area contributed by atoms with Gasteiger partial charge in [-0.2, -0.15) is 0 Å². The van der Waals surface area contributed by atoms with Crippen LogP contribution in [0, 0.1) is 0 Å². The zero-order valence-electron chi connectivity index (χ0n) is 6.06. The van der Waals surface area contributed by atoms with E-state index in [0.29, 0.717) is 16.3 Å². The standard InChI is InChI=1S/C6H8N2OS3/c7-4-2-1-3-5(6(4)8)12(9,10)11/h1-3H,7-8H2,(H,9,10,11). The van der Waals surface area contributed by atoms with Crippen molar-refractivity contribution in [3.63, 3.8) is 0 Å². The van der Waals surface area contributed by atoms with Crippen LogP contribution in [-0.4, -0.2) is 4.55 Å². The van der Waals surface area contributed by atoms with Crippen molar-refractivity contribution < 1.29 is 4.55 Å². The molecule has 5 N–H and O–H groups in total. The van der Waals surface area contributed by atoms with Crippen molar-refractivity contribution in [2.45, 2.75) is 4.90 Å². The second kappa shape index (κ2) is 3.14. The molecule has 6 heteroatoms. The van der Waals surface area contributed by atoms with Crippen molar-refractivity contribution in [2.75, 3.05) is 11.5 Å². The quantitative estimate of drug-likeness (QED) is 0.609. The molecule has 0 aliphatic rings. The van der Waals surface area contributed by atoms with Crippen LogP contribution >= 0.6 is 0 Å². The molecule has 0 amide bonds. The Bertz CT molecular complexity index is 399. The van der Waals surface area contributed by atoms with Crippen LogP contribution in [0.2, 0.25) is 0 Å². The molecule has 0 fully saturated rings. The molecular formula is C6H8N2OS3. The lowest BCUT2D eigenvalue weighted by Crippen LogP contribution is -2.03. The fourth-order valence-corrected chi connectivity index (χ4v) is 2.30. The number of benzene rings is 1. The van der Waals surface area contributed by atoms with Crippen molar-refractivity contribution >= 4 is 41.2 Å². The second-order valence-electron chi connectivity index (χ2n) is 2.23. The molecule has 0 bridgehead atoms. The summed E-state index contributed by atoms with van der Waals surface area (Å²) in [6, 6.07) is 4.90. The Balaban J connectivity index is 3.47. The van der Waals surface area contributed by atoms with Crippen LogP contribution in [0.1, 0.15) is 0 Å². The highest BCUT2D eigenvalue weighted by Crippen LogP contribution is 2.23. The van der Waals surface area contributed by atoms with Gasteiger partial charge in [0.1, 0.15) is 0 Å². The Labute approximate surface area is 80.4 Å². The first-order chi connectivity index (χ1) is 5.43. The van der Waals surface area contributed by atoms with E-state index in [9.17, 15) is 4.55 Å². The van der Waals surface area contributed by atoms with Gasteiger partial charge in [-0.3, -0.25) is 0 Å². The zero-order chi connectivity index (χ0) is 9.35. The average molecular weight is 220 g/mol. The highest BCUT2D eigenvalue weighted by atomic mass is 33.1. The lowest BCUT2D eigenvalue weighted by atomic mass is 10.3. The molecule has 0 heterocycles. The van der Waals surface area contributed by atoms with Crippen molar-refractivity contribution in [2.24, 2.45) is 0 Å². The molecule has 0 aliphatic heterocycles. The highest BCUT2D eigenvalue weighted by Gasteiger charge is 2.07. The van der Waals surface area contributed by atoms with Gasteiger partial charge in [-0.05, 0) is 34.5 Å². The summed E-state index contributed by atoms with van der Waals surface area (Å²) in [7, 11) is -2.59. The van der Waals surface area contributed by atoms with Crippen molar-refractivity contribution in [3.8, 4) is 0 Å². The summed E-state index contributed by atoms with van der Waals surface area (Å²) in [5.74, 6) is 0. The first-order valence-electron chi connectivity index (χ1n) is 3.04. The van der Waals surface area contributed by atoms with Gasteiger partial charge in [0.2, 0.25) is 0 Å². The van der Waals surface area contributed by atoms with Crippen LogP contribution in [0.5, 0.6) is 0 Å². The molecule has 1 aromatic carbocycles. The molecule has 0 aromatic heterocycles. The highest BCUT2D eigenvalue weighted by molar-refractivity contribution is 8.53. The molecule has 3 nitrogen and oxygen atoms in total. The Morgan fingerprint density at radius 1 is 1.25 bits per heavy atom. The van der Waals surface area contributed by atoms with Gasteiger partial charge in [0.15, 0.2) is 0 Å². The van der Waals surface area contributed by atoms with Gasteiger partial charge in [0, 0.05) is 7.43 Å². The first kappa shape index (κ1) is 9.66. The van der Waals surface area contributed by atoms with E-state index in [4.69, 9.17) is 33.8 Å². The summed E-state index contributed by atoms with van der Waals surface area (Å²) in [6.45, 7) is 0. The molecule has 0 unspecified atom stereocenters. The zero-order valence-corrected chi connectivity index (χ0v) is 8.51. The molecule has 0 radical (unpaired) electrons. The number of hydrogen-bond donors (Lipinski definition) is 3. The van der Waals surface area contributed by atoms with Gasteiger partial charge in [0.05, 0.1) is 16.3 Å². The maximum Gasteiger partial charge on any atom is 0.0714 e. The smallest absolute Gasteiger partial charge is 0.0714 e. The topological polar surface area (TPSA) is 72.3 Å². The third-order valence-corrected chi connectivity index (χ3v) is 3.37. The van der Waals surface area contributed by atoms with E-state index in [1.54, 1.807) is 18.2 Å². The third kappa shape index (κ3) is 1.84. The monoisotopic (exact) mass is 220 g/mol. The molecule has 66 valence electrons. The summed E-state index contributed by atoms with van der Waals surface area (Å²) >= 11 is 9.43. The fraction of sp³-hybridized carbons (Fsp3) is 0. The Hall–Kier alpha value is -0.430. The van der Waals surface area contributed by atoms with Gasteiger partial charge in [-0.1, -0.05) is 6.07 Å². The Morgan fingerprint density at radius 3 is 2.25 bits per heavy atom. The van der Waals surface area contributed by atoms with Crippen molar-refractivity contribution in [1.82, 2.24) is 0 Å². The second-order valence-corrected chi connectivity index (χ2v) is 7.15. The van der Waals surface area contributed by atoms with Crippen molar-refractivity contribution in [1.29, 1.82) is 0 Å². The summed E-state index contributed by atoms with van der Waals surface area (Å²) < 4.78 is 9.37. The van der Waals surface area contributed by atoms with E-state index < -0.39 is 7.43 Å². The molecule has 1 aromatic rings. The van der Waals surface area contributed by atoms with E-state index in [1.165, 1.54) is 0 Å². The van der Waals surface area contributed by atoms with E-state index in [1.807, 2.05) is 0 Å². The summed E-state index contributed by atoms with van der Waals surface area (Å²) in [5, 5.41) is 0. The van der Waals surface area contributed by atoms with Gasteiger partial charge >= 0.3 is 0 Å². The Kier molecular flexibility index (Phi) is 2.52. The third-order valence-electron chi connectivity index (χ3n) is 1.38. The van der Waals surface area contributed by atoms with E-state index >= 15 is 0 Å². The van der Waals surface area contributed by atoms with Gasteiger partial charge in [0.25, 0.3) is 0 Å². The lowest BCUT2D eigenvalue weighted by molar-refractivity contribution is 0.654. The SMILES string of the molecule is Nc1cccc(S(O)(=S)=S)c1N. The molecule has 1 rings (SSSR count). The number of hydrogen-bond acceptors (Lipinski definition) is 4. The normalized spacial score (nSPS) is 11.4. The van der Waals surface area contributed by atoms with Crippen LogP contribution in [0.15, 0.2) is 23.1 Å². The number of nitrogen functional groups attached to an aromatic ring is 2. The average Bonchev–Trinajstić information content (AvgIpc) is 1.92. The summed E-state index contributed by atoms with van der Waals surface area (Å²) in [6.07, 6.45) is 0. The van der Waals surface area contributed by atoms with E-state index in [2.05, 4.69) is 0 Å². The van der Waals surface area contributed by atoms with E-state index in [-0.39, 0.29) is 0 Å². The largest absolute Gasteiger partial charge is 0.397 e. The van der Waals surface area contributed by atoms with Gasteiger partial charge in [-0.25, -0.2) is 0 Å². The molecule has 0 aliphatic carbocycles. The predicted octanol–water partition coefficient (Wildman–Crippen LogP) is 0.761. The van der Waals surface area contributed by atoms with Crippen LogP contribution < -0.4 is 11.5 Å². The van der Waals surface area contributed by atoms with Crippen LogP contribution in [0.25, 0.3) is 0 Å². The fourth-order valence-electron chi connectivity index (χ4n) is 0.786. The lowest BCUT2D eigenvalue weighted by Gasteiger charge is -2.07. The predicted molar refractivity (Wildman–Crippen MR) is 58.3 cm³/mol. The van der Waals surface area contributed by atoms with Crippen LogP contribution in [-0.2, 0) is 29.8 Å². The molecule has 0 saturated heterocycles. The Morgan fingerprint density at radius 2 is 1.83 bits per heavy atom. The first-order valence-corrected chi connectivity index (χ1v) is 6.48. The molecular weight excluding hydrogens is 212 g/mol. The molecule has 0 atom stereocenters. The van der Waals surface area contributed by atoms with E-state index in [0.717, 1.165) is 0 Å². The van der Waals surface area contributed by atoms with Gasteiger partial charge in [-0.15, -0.1) is 0 Å². The minimum absolute atomic E-state index is 0.292. The molecule has 12 heavy (non-hydrogen) atoms. The minimum Gasteiger partial charge on any atom is -0.397 e. The summed E-state index contributed by atoms with van der Waals surface area (Å²) in [4.78, 5) is 0.382.